The van der Waals surface area contributed by atoms with E-state index in [1.165, 1.54) is 52.1 Å². The number of hydrogen-bond donors (Lipinski definition) is 0. The van der Waals surface area contributed by atoms with Gasteiger partial charge in [-0.3, -0.25) is 23.7 Å². The van der Waals surface area contributed by atoms with E-state index in [-0.39, 0.29) is 17.0 Å². The number of rotatable bonds is 3. The first kappa shape index (κ1) is 21.7. The van der Waals surface area contributed by atoms with E-state index >= 15 is 8.78 Å². The molecule has 0 bridgehead atoms. The molecule has 0 spiro atoms. The summed E-state index contributed by atoms with van der Waals surface area (Å²) in [6.45, 7) is 0. The maximum absolute atomic E-state index is 16.3. The van der Waals surface area contributed by atoms with Crippen molar-refractivity contribution in [3.05, 3.63) is 60.7 Å². The van der Waals surface area contributed by atoms with Crippen LogP contribution >= 0.6 is 15.9 Å². The third-order valence-corrected chi connectivity index (χ3v) is 6.12. The molecule has 0 amide bonds. The summed E-state index contributed by atoms with van der Waals surface area (Å²) in [5.74, 6) is -7.64. The molecule has 0 aliphatic carbocycles. The molecule has 0 saturated heterocycles. The van der Waals surface area contributed by atoms with Crippen molar-refractivity contribution in [3.8, 4) is 5.88 Å². The highest BCUT2D eigenvalue weighted by molar-refractivity contribution is 9.10. The molecule has 2 heterocycles. The standard InChI is InChI=1S/C19H23BrF2N4O3/c1-23(2)19(24(3)4)18(21,22)14(11-9-7-8-10-12(11)20)13-15(27)25(5)17(28)26(6)16(13)29-19/h7-10,14H,1-6H3. The molecule has 0 radical (unpaired) electrons. The molecule has 0 saturated carbocycles. The first-order chi connectivity index (χ1) is 13.4. The van der Waals surface area contributed by atoms with Crippen molar-refractivity contribution in [2.45, 2.75) is 17.7 Å². The van der Waals surface area contributed by atoms with Gasteiger partial charge in [-0.05, 0) is 39.8 Å². The van der Waals surface area contributed by atoms with Gasteiger partial charge in [-0.25, -0.2) is 4.79 Å². The fraction of sp³-hybridized carbons (Fsp3) is 0.474. The van der Waals surface area contributed by atoms with Gasteiger partial charge in [-0.15, -0.1) is 0 Å². The number of benzene rings is 1. The minimum atomic E-state index is -3.57. The second kappa shape index (κ2) is 7.03. The molecule has 1 atom stereocenters. The Hall–Kier alpha value is -2.04. The molecule has 1 aliphatic rings. The van der Waals surface area contributed by atoms with Crippen molar-refractivity contribution in [2.75, 3.05) is 28.2 Å². The van der Waals surface area contributed by atoms with E-state index in [9.17, 15) is 9.59 Å². The lowest BCUT2D eigenvalue weighted by molar-refractivity contribution is -0.307. The number of alkyl halides is 2. The average Bonchev–Trinajstić information content (AvgIpc) is 2.64. The van der Waals surface area contributed by atoms with Gasteiger partial charge in [0.05, 0.1) is 11.5 Å². The van der Waals surface area contributed by atoms with Crippen LogP contribution in [0.1, 0.15) is 17.0 Å². The first-order valence-electron chi connectivity index (χ1n) is 8.85. The molecule has 1 aromatic heterocycles. The Bertz CT molecular complexity index is 1070. The summed E-state index contributed by atoms with van der Waals surface area (Å²) in [5.41, 5.74) is -1.50. The lowest BCUT2D eigenvalue weighted by atomic mass is 9.81. The Labute approximate surface area is 175 Å². The van der Waals surface area contributed by atoms with Gasteiger partial charge in [-0.1, -0.05) is 34.1 Å². The van der Waals surface area contributed by atoms with Gasteiger partial charge >= 0.3 is 11.6 Å². The Morgan fingerprint density at radius 2 is 1.59 bits per heavy atom. The average molecular weight is 473 g/mol. The van der Waals surface area contributed by atoms with Gasteiger partial charge in [0.25, 0.3) is 11.4 Å². The van der Waals surface area contributed by atoms with E-state index in [2.05, 4.69) is 15.9 Å². The van der Waals surface area contributed by atoms with Crippen molar-refractivity contribution in [3.63, 3.8) is 0 Å². The zero-order chi connectivity index (χ0) is 21.9. The van der Waals surface area contributed by atoms with E-state index in [1.807, 2.05) is 0 Å². The van der Waals surface area contributed by atoms with Crippen LogP contribution in [0.4, 0.5) is 8.78 Å². The Balaban J connectivity index is 2.55. The summed E-state index contributed by atoms with van der Waals surface area (Å²) in [4.78, 5) is 28.0. The summed E-state index contributed by atoms with van der Waals surface area (Å²) >= 11 is 3.34. The van der Waals surface area contributed by atoms with E-state index in [1.54, 1.807) is 24.3 Å². The third kappa shape index (κ3) is 2.80. The summed E-state index contributed by atoms with van der Waals surface area (Å²) in [6, 6.07) is 6.51. The summed E-state index contributed by atoms with van der Waals surface area (Å²) in [7, 11) is 8.53. The van der Waals surface area contributed by atoms with Gasteiger partial charge < -0.3 is 4.74 Å². The predicted molar refractivity (Wildman–Crippen MR) is 109 cm³/mol. The maximum Gasteiger partial charge on any atom is 0.333 e. The van der Waals surface area contributed by atoms with Gasteiger partial charge in [0.15, 0.2) is 0 Å². The van der Waals surface area contributed by atoms with Crippen molar-refractivity contribution in [2.24, 2.45) is 14.1 Å². The second-order valence-corrected chi connectivity index (χ2v) is 8.36. The largest absolute Gasteiger partial charge is 0.436 e. The predicted octanol–water partition coefficient (Wildman–Crippen LogP) is 1.78. The number of hydrogen-bond acceptors (Lipinski definition) is 5. The zero-order valence-corrected chi connectivity index (χ0v) is 18.6. The summed E-state index contributed by atoms with van der Waals surface area (Å²) in [5, 5.41) is 0. The number of aromatic nitrogens is 2. The highest BCUT2D eigenvalue weighted by Crippen LogP contribution is 2.54. The highest BCUT2D eigenvalue weighted by Gasteiger charge is 2.69. The SMILES string of the molecule is CN(C)C1(N(C)C)Oc2c(c(=O)n(C)c(=O)n2C)C(c2ccccc2Br)C1(F)F. The van der Waals surface area contributed by atoms with Gasteiger partial charge in [0.2, 0.25) is 5.88 Å². The van der Waals surface area contributed by atoms with Crippen LogP contribution in [0.5, 0.6) is 5.88 Å². The minimum Gasteiger partial charge on any atom is -0.436 e. The van der Waals surface area contributed by atoms with E-state index in [4.69, 9.17) is 4.74 Å². The van der Waals surface area contributed by atoms with Crippen LogP contribution in [0.2, 0.25) is 0 Å². The number of nitrogens with zero attached hydrogens (tertiary/aromatic N) is 4. The number of fused-ring (bicyclic) bond motifs is 1. The maximum atomic E-state index is 16.3. The van der Waals surface area contributed by atoms with Crippen molar-refractivity contribution in [1.82, 2.24) is 18.9 Å². The molecule has 1 aromatic carbocycles. The van der Waals surface area contributed by atoms with Crippen molar-refractivity contribution >= 4 is 15.9 Å². The molecular weight excluding hydrogens is 450 g/mol. The van der Waals surface area contributed by atoms with Gasteiger partial charge in [0, 0.05) is 18.6 Å². The monoisotopic (exact) mass is 472 g/mol. The lowest BCUT2D eigenvalue weighted by Gasteiger charge is -2.53. The summed E-state index contributed by atoms with van der Waals surface area (Å²) in [6.07, 6.45) is 0. The van der Waals surface area contributed by atoms with Crippen LogP contribution in [0, 0.1) is 0 Å². The van der Waals surface area contributed by atoms with Gasteiger partial charge in [-0.2, -0.15) is 8.78 Å². The first-order valence-corrected chi connectivity index (χ1v) is 9.64. The molecule has 3 rings (SSSR count). The van der Waals surface area contributed by atoms with Crippen LogP contribution < -0.4 is 16.0 Å². The van der Waals surface area contributed by atoms with Crippen molar-refractivity contribution < 1.29 is 13.5 Å². The zero-order valence-electron chi connectivity index (χ0n) is 17.0. The van der Waals surface area contributed by atoms with Crippen molar-refractivity contribution in [1.29, 1.82) is 0 Å². The molecule has 0 N–H and O–H groups in total. The van der Waals surface area contributed by atoms with Gasteiger partial charge in [0.1, 0.15) is 0 Å². The Kier molecular flexibility index (Phi) is 5.25. The van der Waals surface area contributed by atoms with Crippen LogP contribution in [-0.4, -0.2) is 58.9 Å². The molecule has 1 aliphatic heterocycles. The van der Waals surface area contributed by atoms with E-state index in [0.717, 1.165) is 9.13 Å². The van der Waals surface area contributed by atoms with Crippen LogP contribution in [-0.2, 0) is 14.1 Å². The Morgan fingerprint density at radius 3 is 2.10 bits per heavy atom. The molecule has 2 aromatic rings. The minimum absolute atomic E-state index is 0.174. The second-order valence-electron chi connectivity index (χ2n) is 7.50. The topological polar surface area (TPSA) is 59.7 Å². The summed E-state index contributed by atoms with van der Waals surface area (Å²) < 4.78 is 40.8. The molecule has 1 unspecified atom stereocenters. The van der Waals surface area contributed by atoms with Crippen LogP contribution in [0.3, 0.4) is 0 Å². The smallest absolute Gasteiger partial charge is 0.333 e. The molecule has 158 valence electrons. The van der Waals surface area contributed by atoms with Crippen LogP contribution in [0.15, 0.2) is 38.3 Å². The molecular formula is C19H23BrF2N4O3. The van der Waals surface area contributed by atoms with E-state index < -0.39 is 28.9 Å². The fourth-order valence-electron chi connectivity index (χ4n) is 4.03. The molecule has 10 heteroatoms. The van der Waals surface area contributed by atoms with Crippen LogP contribution in [0.25, 0.3) is 0 Å². The fourth-order valence-corrected chi connectivity index (χ4v) is 4.55. The quantitative estimate of drug-likeness (QED) is 0.637. The van der Waals surface area contributed by atoms with E-state index in [0.29, 0.717) is 4.47 Å². The molecule has 7 nitrogen and oxygen atoms in total. The Morgan fingerprint density at radius 1 is 1.03 bits per heavy atom. The number of halogens is 3. The lowest BCUT2D eigenvalue weighted by Crippen LogP contribution is -2.74. The molecule has 29 heavy (non-hydrogen) atoms. The third-order valence-electron chi connectivity index (χ3n) is 5.40. The highest BCUT2D eigenvalue weighted by atomic mass is 79.9. The molecule has 0 fully saturated rings. The normalized spacial score (nSPS) is 19.9. The number of ether oxygens (including phenoxy) is 1.